The number of benzene rings is 1. The number of aromatic nitrogens is 1. The molecule has 0 radical (unpaired) electrons. The van der Waals surface area contributed by atoms with Gasteiger partial charge in [-0.2, -0.15) is 0 Å². The predicted molar refractivity (Wildman–Crippen MR) is 85.4 cm³/mol. The molecule has 5 nitrogen and oxygen atoms in total. The lowest BCUT2D eigenvalue weighted by Gasteiger charge is -2.10. The van der Waals surface area contributed by atoms with Gasteiger partial charge in [0.05, 0.1) is 20.6 Å². The van der Waals surface area contributed by atoms with Crippen LogP contribution in [0.3, 0.4) is 0 Å². The summed E-state index contributed by atoms with van der Waals surface area (Å²) >= 11 is 0. The number of hydrogen-bond acceptors (Lipinski definition) is 3. The molecule has 0 atom stereocenters. The van der Waals surface area contributed by atoms with Crippen molar-refractivity contribution in [1.82, 2.24) is 9.88 Å². The first kappa shape index (κ1) is 15.9. The maximum atomic E-state index is 11.9. The van der Waals surface area contributed by atoms with Crippen molar-refractivity contribution in [3.05, 3.63) is 47.8 Å². The molecule has 22 heavy (non-hydrogen) atoms. The van der Waals surface area contributed by atoms with Gasteiger partial charge in [-0.1, -0.05) is 6.07 Å². The maximum absolute atomic E-state index is 11.9. The van der Waals surface area contributed by atoms with Crippen LogP contribution in [0, 0.1) is 0 Å². The molecule has 0 aliphatic heterocycles. The van der Waals surface area contributed by atoms with Crippen LogP contribution in [0.4, 0.5) is 0 Å². The quantitative estimate of drug-likeness (QED) is 0.850. The van der Waals surface area contributed by atoms with Crippen LogP contribution in [0.25, 0.3) is 0 Å². The van der Waals surface area contributed by atoms with Crippen LogP contribution in [0.2, 0.25) is 0 Å². The first-order chi connectivity index (χ1) is 10.6. The second-order valence-electron chi connectivity index (χ2n) is 5.15. The summed E-state index contributed by atoms with van der Waals surface area (Å²) in [5, 5.41) is 2.93. The van der Waals surface area contributed by atoms with E-state index in [4.69, 9.17) is 9.47 Å². The lowest BCUT2D eigenvalue weighted by atomic mass is 10.1. The third-order valence-corrected chi connectivity index (χ3v) is 3.44. The molecule has 0 spiro atoms. The van der Waals surface area contributed by atoms with Gasteiger partial charge in [0, 0.05) is 26.0 Å². The standard InChI is InChI=1S/C17H22N2O3/c1-19-9-7-14(12-19)11-17(20)18-8-6-13-4-5-15(21-2)16(10-13)22-3/h4-5,7,9-10,12H,6,8,11H2,1-3H3,(H,18,20). The van der Waals surface area contributed by atoms with E-state index in [0.29, 0.717) is 24.5 Å². The molecule has 0 bridgehead atoms. The van der Waals surface area contributed by atoms with E-state index in [1.807, 2.05) is 48.3 Å². The normalized spacial score (nSPS) is 10.3. The van der Waals surface area contributed by atoms with Crippen LogP contribution in [0.5, 0.6) is 11.5 Å². The number of ether oxygens (including phenoxy) is 2. The van der Waals surface area contributed by atoms with E-state index < -0.39 is 0 Å². The average Bonchev–Trinajstić information content (AvgIpc) is 2.92. The molecule has 2 rings (SSSR count). The molecular weight excluding hydrogens is 280 g/mol. The molecular formula is C17H22N2O3. The molecule has 0 aliphatic carbocycles. The number of methoxy groups -OCH3 is 2. The van der Waals surface area contributed by atoms with Crippen LogP contribution in [0.1, 0.15) is 11.1 Å². The van der Waals surface area contributed by atoms with Gasteiger partial charge in [0.25, 0.3) is 0 Å². The minimum absolute atomic E-state index is 0.0340. The van der Waals surface area contributed by atoms with Crippen molar-refractivity contribution in [1.29, 1.82) is 0 Å². The predicted octanol–water partition coefficient (Wildman–Crippen LogP) is 1.94. The molecule has 1 heterocycles. The summed E-state index contributed by atoms with van der Waals surface area (Å²) in [4.78, 5) is 11.9. The fraction of sp³-hybridized carbons (Fsp3) is 0.353. The zero-order valence-corrected chi connectivity index (χ0v) is 13.3. The third kappa shape index (κ3) is 4.28. The number of rotatable bonds is 7. The largest absolute Gasteiger partial charge is 0.493 e. The van der Waals surface area contributed by atoms with Crippen LogP contribution >= 0.6 is 0 Å². The number of carbonyl (C=O) groups is 1. The highest BCUT2D eigenvalue weighted by Crippen LogP contribution is 2.27. The number of nitrogens with zero attached hydrogens (tertiary/aromatic N) is 1. The van der Waals surface area contributed by atoms with Crippen molar-refractivity contribution < 1.29 is 14.3 Å². The summed E-state index contributed by atoms with van der Waals surface area (Å²) in [6, 6.07) is 7.74. The van der Waals surface area contributed by atoms with Crippen molar-refractivity contribution in [2.45, 2.75) is 12.8 Å². The number of nitrogens with one attached hydrogen (secondary N) is 1. The molecule has 0 fully saturated rings. The smallest absolute Gasteiger partial charge is 0.224 e. The maximum Gasteiger partial charge on any atom is 0.224 e. The Hall–Kier alpha value is -2.43. The van der Waals surface area contributed by atoms with E-state index in [0.717, 1.165) is 17.5 Å². The van der Waals surface area contributed by atoms with Crippen molar-refractivity contribution in [3.63, 3.8) is 0 Å². The van der Waals surface area contributed by atoms with Crippen LogP contribution in [0.15, 0.2) is 36.7 Å². The molecule has 5 heteroatoms. The van der Waals surface area contributed by atoms with Crippen molar-refractivity contribution >= 4 is 5.91 Å². The summed E-state index contributed by atoms with van der Waals surface area (Å²) < 4.78 is 12.4. The molecule has 0 saturated carbocycles. The van der Waals surface area contributed by atoms with E-state index in [-0.39, 0.29) is 5.91 Å². The molecule has 1 amide bonds. The highest BCUT2D eigenvalue weighted by atomic mass is 16.5. The van der Waals surface area contributed by atoms with Crippen LogP contribution in [-0.2, 0) is 24.7 Å². The first-order valence-corrected chi connectivity index (χ1v) is 7.21. The minimum Gasteiger partial charge on any atom is -0.493 e. The second kappa shape index (κ2) is 7.54. The summed E-state index contributed by atoms with van der Waals surface area (Å²) in [6.07, 6.45) is 5.05. The first-order valence-electron chi connectivity index (χ1n) is 7.21. The van der Waals surface area contributed by atoms with Gasteiger partial charge in [-0.15, -0.1) is 0 Å². The molecule has 118 valence electrons. The topological polar surface area (TPSA) is 52.5 Å². The highest BCUT2D eigenvalue weighted by Gasteiger charge is 2.06. The number of carbonyl (C=O) groups excluding carboxylic acids is 1. The average molecular weight is 302 g/mol. The zero-order valence-electron chi connectivity index (χ0n) is 13.3. The van der Waals surface area contributed by atoms with Crippen molar-refractivity contribution in [3.8, 4) is 11.5 Å². The molecule has 1 aromatic heterocycles. The number of aryl methyl sites for hydroxylation is 1. The van der Waals surface area contributed by atoms with E-state index in [1.165, 1.54) is 0 Å². The Morgan fingerprint density at radius 1 is 1.14 bits per heavy atom. The van der Waals surface area contributed by atoms with Gasteiger partial charge in [0.2, 0.25) is 5.91 Å². The van der Waals surface area contributed by atoms with Gasteiger partial charge in [-0.3, -0.25) is 4.79 Å². The van der Waals surface area contributed by atoms with E-state index in [9.17, 15) is 4.79 Å². The summed E-state index contributed by atoms with van der Waals surface area (Å²) in [5.74, 6) is 1.45. The molecule has 0 unspecified atom stereocenters. The van der Waals surface area contributed by atoms with Crippen LogP contribution in [-0.4, -0.2) is 31.2 Å². The van der Waals surface area contributed by atoms with Crippen LogP contribution < -0.4 is 14.8 Å². The Balaban J connectivity index is 1.82. The monoisotopic (exact) mass is 302 g/mol. The molecule has 1 N–H and O–H groups in total. The van der Waals surface area contributed by atoms with E-state index in [1.54, 1.807) is 14.2 Å². The Labute approximate surface area is 130 Å². The third-order valence-electron chi connectivity index (χ3n) is 3.44. The summed E-state index contributed by atoms with van der Waals surface area (Å²) in [6.45, 7) is 0.598. The van der Waals surface area contributed by atoms with Gasteiger partial charge in [-0.25, -0.2) is 0 Å². The second-order valence-corrected chi connectivity index (χ2v) is 5.15. The Bertz CT molecular complexity index is 635. The lowest BCUT2D eigenvalue weighted by molar-refractivity contribution is -0.120. The Morgan fingerprint density at radius 2 is 1.91 bits per heavy atom. The zero-order chi connectivity index (χ0) is 15.9. The minimum atomic E-state index is 0.0340. The molecule has 0 saturated heterocycles. The van der Waals surface area contributed by atoms with Crippen molar-refractivity contribution in [2.24, 2.45) is 7.05 Å². The van der Waals surface area contributed by atoms with E-state index in [2.05, 4.69) is 5.32 Å². The Morgan fingerprint density at radius 3 is 2.55 bits per heavy atom. The number of amides is 1. The number of hydrogen-bond donors (Lipinski definition) is 1. The fourth-order valence-corrected chi connectivity index (χ4v) is 2.30. The highest BCUT2D eigenvalue weighted by molar-refractivity contribution is 5.78. The molecule has 0 aliphatic rings. The van der Waals surface area contributed by atoms with Gasteiger partial charge in [0.1, 0.15) is 0 Å². The van der Waals surface area contributed by atoms with Gasteiger partial charge >= 0.3 is 0 Å². The fourth-order valence-electron chi connectivity index (χ4n) is 2.30. The summed E-state index contributed by atoms with van der Waals surface area (Å²) in [7, 11) is 5.17. The van der Waals surface area contributed by atoms with Gasteiger partial charge in [0.15, 0.2) is 11.5 Å². The van der Waals surface area contributed by atoms with Crippen molar-refractivity contribution in [2.75, 3.05) is 20.8 Å². The lowest BCUT2D eigenvalue weighted by Crippen LogP contribution is -2.27. The molecule has 2 aromatic rings. The van der Waals surface area contributed by atoms with Gasteiger partial charge < -0.3 is 19.4 Å². The van der Waals surface area contributed by atoms with Gasteiger partial charge in [-0.05, 0) is 35.7 Å². The SMILES string of the molecule is COc1ccc(CCNC(=O)Cc2ccn(C)c2)cc1OC. The van der Waals surface area contributed by atoms with E-state index >= 15 is 0 Å². The molecule has 1 aromatic carbocycles. The Kier molecular flexibility index (Phi) is 5.47. The summed E-state index contributed by atoms with van der Waals surface area (Å²) in [5.41, 5.74) is 2.11.